The number of nitrogens with zero attached hydrogens (tertiary/aromatic N) is 3. The number of hydrogen-bond donors (Lipinski definition) is 1. The Balaban J connectivity index is 1.98. The first-order valence-corrected chi connectivity index (χ1v) is 10.2. The fourth-order valence-electron chi connectivity index (χ4n) is 2.94. The average Bonchev–Trinajstić information content (AvgIpc) is 3.11. The number of carbonyl (C=O) groups is 1. The van der Waals surface area contributed by atoms with Crippen LogP contribution in [0.1, 0.15) is 45.2 Å². The van der Waals surface area contributed by atoms with Crippen molar-refractivity contribution in [2.75, 3.05) is 26.2 Å². The summed E-state index contributed by atoms with van der Waals surface area (Å²) in [5.74, 6) is 0.0437. The highest BCUT2D eigenvalue weighted by Crippen LogP contribution is 2.24. The zero-order chi connectivity index (χ0) is 18.2. The predicted molar refractivity (Wildman–Crippen MR) is 102 cm³/mol. The Hall–Kier alpha value is -1.34. The molecule has 1 aliphatic rings. The predicted octanol–water partition coefficient (Wildman–Crippen LogP) is 1.82. The minimum absolute atomic E-state index is 0.0437. The molecule has 1 N–H and O–H groups in total. The highest BCUT2D eigenvalue weighted by atomic mass is 32.2. The lowest BCUT2D eigenvalue weighted by Crippen LogP contribution is -2.38. The van der Waals surface area contributed by atoms with Crippen molar-refractivity contribution in [1.29, 1.82) is 0 Å². The summed E-state index contributed by atoms with van der Waals surface area (Å²) in [6.45, 7) is 7.92. The molecule has 1 saturated heterocycles. The van der Waals surface area contributed by atoms with Gasteiger partial charge in [0.1, 0.15) is 0 Å². The van der Waals surface area contributed by atoms with Gasteiger partial charge in [-0.15, -0.1) is 0 Å². The summed E-state index contributed by atoms with van der Waals surface area (Å²) in [6, 6.07) is 1.56. The van der Waals surface area contributed by atoms with Crippen LogP contribution in [0.25, 0.3) is 0 Å². The smallest absolute Gasteiger partial charge is 0.254 e. The number of nitrogens with one attached hydrogen (secondary N) is 1. The van der Waals surface area contributed by atoms with Gasteiger partial charge in [-0.1, -0.05) is 32.0 Å². The molecule has 0 aliphatic carbocycles. The van der Waals surface area contributed by atoms with Gasteiger partial charge in [0.2, 0.25) is 5.91 Å². The van der Waals surface area contributed by atoms with Crippen molar-refractivity contribution >= 4 is 17.7 Å². The number of likely N-dealkylation sites (tertiary alicyclic amines) is 1. The molecule has 0 radical (unpaired) electrons. The maximum atomic E-state index is 12.6. The maximum absolute atomic E-state index is 12.6. The summed E-state index contributed by atoms with van der Waals surface area (Å²) in [7, 11) is 1.71. The Kier molecular flexibility index (Phi) is 7.96. The van der Waals surface area contributed by atoms with Crippen LogP contribution in [0.4, 0.5) is 0 Å². The van der Waals surface area contributed by atoms with Crippen LogP contribution in [-0.4, -0.2) is 51.8 Å². The third kappa shape index (κ3) is 5.85. The third-order valence-corrected chi connectivity index (χ3v) is 5.84. The second kappa shape index (κ2) is 9.97. The largest absolute Gasteiger partial charge is 0.354 e. The van der Waals surface area contributed by atoms with Gasteiger partial charge in [0.05, 0.1) is 5.25 Å². The van der Waals surface area contributed by atoms with Gasteiger partial charge in [-0.3, -0.25) is 14.2 Å². The second-order valence-corrected chi connectivity index (χ2v) is 7.69. The summed E-state index contributed by atoms with van der Waals surface area (Å²) >= 11 is 1.40. The van der Waals surface area contributed by atoms with Gasteiger partial charge in [0.25, 0.3) is 5.56 Å². The Labute approximate surface area is 154 Å². The van der Waals surface area contributed by atoms with E-state index in [-0.39, 0.29) is 16.7 Å². The van der Waals surface area contributed by atoms with E-state index >= 15 is 0 Å². The molecule has 1 atom stereocenters. The van der Waals surface area contributed by atoms with E-state index in [1.807, 2.05) is 6.92 Å². The van der Waals surface area contributed by atoms with Gasteiger partial charge in [-0.05, 0) is 38.8 Å². The summed E-state index contributed by atoms with van der Waals surface area (Å²) in [5, 5.41) is 3.47. The fourth-order valence-corrected chi connectivity index (χ4v) is 4.16. The van der Waals surface area contributed by atoms with Gasteiger partial charge in [0, 0.05) is 31.9 Å². The van der Waals surface area contributed by atoms with Crippen molar-refractivity contribution in [3.05, 3.63) is 22.1 Å². The molecule has 6 nitrogen and oxygen atoms in total. The number of thioether (sulfide) groups is 1. The minimum Gasteiger partial charge on any atom is -0.354 e. The first-order valence-electron chi connectivity index (χ1n) is 9.28. The number of carbonyl (C=O) groups excluding carboxylic acids is 1. The van der Waals surface area contributed by atoms with Crippen LogP contribution in [0.15, 0.2) is 16.0 Å². The summed E-state index contributed by atoms with van der Waals surface area (Å²) in [4.78, 5) is 31.6. The average molecular weight is 367 g/mol. The van der Waals surface area contributed by atoms with E-state index in [9.17, 15) is 9.59 Å². The van der Waals surface area contributed by atoms with E-state index < -0.39 is 0 Å². The van der Waals surface area contributed by atoms with E-state index in [0.717, 1.165) is 38.2 Å². The molecule has 2 heterocycles. The molecular weight excluding hydrogens is 336 g/mol. The van der Waals surface area contributed by atoms with Crippen LogP contribution in [0.3, 0.4) is 0 Å². The SMILES string of the molecule is CCCC(Sc1nc(CC)cc(=O)n1C)C(=O)NCCN1CCCC1. The minimum atomic E-state index is -0.214. The van der Waals surface area contributed by atoms with Crippen molar-refractivity contribution in [2.24, 2.45) is 7.05 Å². The van der Waals surface area contributed by atoms with E-state index in [1.165, 1.54) is 29.2 Å². The Bertz CT molecular complexity index is 626. The van der Waals surface area contributed by atoms with Crippen LogP contribution in [0, 0.1) is 0 Å². The molecule has 140 valence electrons. The van der Waals surface area contributed by atoms with Crippen LogP contribution in [-0.2, 0) is 18.3 Å². The normalized spacial score (nSPS) is 16.1. The fraction of sp³-hybridized carbons (Fsp3) is 0.722. The van der Waals surface area contributed by atoms with Crippen molar-refractivity contribution in [3.8, 4) is 0 Å². The zero-order valence-electron chi connectivity index (χ0n) is 15.6. The number of rotatable bonds is 9. The highest BCUT2D eigenvalue weighted by molar-refractivity contribution is 8.00. The molecule has 1 amide bonds. The number of amides is 1. The lowest BCUT2D eigenvalue weighted by Gasteiger charge is -2.19. The van der Waals surface area contributed by atoms with E-state index in [0.29, 0.717) is 18.1 Å². The molecule has 1 fully saturated rings. The molecule has 0 bridgehead atoms. The molecule has 1 unspecified atom stereocenters. The van der Waals surface area contributed by atoms with Crippen molar-refractivity contribution < 1.29 is 4.79 Å². The van der Waals surface area contributed by atoms with Crippen molar-refractivity contribution in [1.82, 2.24) is 19.8 Å². The molecule has 0 aromatic carbocycles. The van der Waals surface area contributed by atoms with Crippen LogP contribution < -0.4 is 10.9 Å². The second-order valence-electron chi connectivity index (χ2n) is 6.52. The molecule has 1 aliphatic heterocycles. The summed E-state index contributed by atoms with van der Waals surface area (Å²) < 4.78 is 1.53. The Morgan fingerprint density at radius 1 is 1.36 bits per heavy atom. The van der Waals surface area contributed by atoms with Gasteiger partial charge in [0.15, 0.2) is 5.16 Å². The first kappa shape index (κ1) is 20.0. The molecular formula is C18H30N4O2S. The standard InChI is InChI=1S/C18H30N4O2S/c1-4-8-15(17(24)19-9-12-22-10-6-7-11-22)25-18-20-14(5-2)13-16(23)21(18)3/h13,15H,4-12H2,1-3H3,(H,19,24). The van der Waals surface area contributed by atoms with Crippen LogP contribution >= 0.6 is 11.8 Å². The number of aromatic nitrogens is 2. The third-order valence-electron chi connectivity index (χ3n) is 4.53. The first-order chi connectivity index (χ1) is 12.0. The van der Waals surface area contributed by atoms with Gasteiger partial charge in [-0.2, -0.15) is 0 Å². The lowest BCUT2D eigenvalue weighted by molar-refractivity contribution is -0.120. The van der Waals surface area contributed by atoms with E-state index in [2.05, 4.69) is 22.1 Å². The molecule has 0 spiro atoms. The molecule has 1 aromatic heterocycles. The summed E-state index contributed by atoms with van der Waals surface area (Å²) in [5.41, 5.74) is 0.703. The number of aryl methyl sites for hydroxylation is 1. The highest BCUT2D eigenvalue weighted by Gasteiger charge is 2.22. The molecule has 0 saturated carbocycles. The Morgan fingerprint density at radius 2 is 2.08 bits per heavy atom. The summed E-state index contributed by atoms with van der Waals surface area (Å²) in [6.07, 6.45) is 4.92. The van der Waals surface area contributed by atoms with Crippen molar-refractivity contribution in [3.63, 3.8) is 0 Å². The Morgan fingerprint density at radius 3 is 2.72 bits per heavy atom. The van der Waals surface area contributed by atoms with Gasteiger partial charge < -0.3 is 10.2 Å². The van der Waals surface area contributed by atoms with E-state index in [4.69, 9.17) is 0 Å². The van der Waals surface area contributed by atoms with Crippen LogP contribution in [0.2, 0.25) is 0 Å². The van der Waals surface area contributed by atoms with Gasteiger partial charge in [-0.25, -0.2) is 4.98 Å². The molecule has 1 aromatic rings. The topological polar surface area (TPSA) is 67.2 Å². The monoisotopic (exact) mass is 366 g/mol. The maximum Gasteiger partial charge on any atom is 0.254 e. The molecule has 25 heavy (non-hydrogen) atoms. The lowest BCUT2D eigenvalue weighted by atomic mass is 10.2. The van der Waals surface area contributed by atoms with Crippen molar-refractivity contribution in [2.45, 2.75) is 56.4 Å². The van der Waals surface area contributed by atoms with Crippen LogP contribution in [0.5, 0.6) is 0 Å². The zero-order valence-corrected chi connectivity index (χ0v) is 16.4. The molecule has 2 rings (SSSR count). The number of hydrogen-bond acceptors (Lipinski definition) is 5. The molecule has 7 heteroatoms. The van der Waals surface area contributed by atoms with E-state index in [1.54, 1.807) is 13.1 Å². The van der Waals surface area contributed by atoms with Gasteiger partial charge >= 0.3 is 0 Å². The quantitative estimate of drug-likeness (QED) is 0.533.